The van der Waals surface area contributed by atoms with Crippen LogP contribution in [-0.2, 0) is 10.8 Å². The summed E-state index contributed by atoms with van der Waals surface area (Å²) in [7, 11) is 0. The van der Waals surface area contributed by atoms with Crippen LogP contribution in [0.1, 0.15) is 104 Å². The van der Waals surface area contributed by atoms with Gasteiger partial charge in [-0.25, -0.2) is 0 Å². The Bertz CT molecular complexity index is 2700. The number of rotatable bonds is 5. The topological polar surface area (TPSA) is 24.4 Å². The van der Waals surface area contributed by atoms with Crippen LogP contribution in [0.3, 0.4) is 0 Å². The molecule has 3 atom stereocenters. The molecule has 4 aliphatic carbocycles. The highest BCUT2D eigenvalue weighted by molar-refractivity contribution is 6.05. The van der Waals surface area contributed by atoms with Gasteiger partial charge in [-0.2, -0.15) is 0 Å². The zero-order valence-corrected chi connectivity index (χ0v) is 33.8. The Morgan fingerprint density at radius 3 is 1.97 bits per heavy atom. The van der Waals surface area contributed by atoms with Crippen LogP contribution in [0.4, 0.5) is 0 Å². The molecule has 1 saturated carbocycles. The van der Waals surface area contributed by atoms with Gasteiger partial charge in [0.05, 0.1) is 0 Å². The van der Waals surface area contributed by atoms with Crippen LogP contribution < -0.4 is 5.32 Å². The molecule has 0 aromatic heterocycles. The largest absolute Gasteiger partial charge is 0.339 e. The zero-order valence-electron chi connectivity index (χ0n) is 33.8. The van der Waals surface area contributed by atoms with E-state index in [-0.39, 0.29) is 16.9 Å². The maximum atomic E-state index is 5.23. The van der Waals surface area contributed by atoms with Crippen molar-refractivity contribution in [2.24, 2.45) is 10.9 Å². The predicted molar refractivity (Wildman–Crippen MR) is 242 cm³/mol. The smallest absolute Gasteiger partial charge is 0.133 e. The summed E-state index contributed by atoms with van der Waals surface area (Å²) in [5.74, 6) is 1.93. The van der Waals surface area contributed by atoms with Crippen LogP contribution in [0.15, 0.2) is 180 Å². The van der Waals surface area contributed by atoms with Crippen LogP contribution in [-0.4, -0.2) is 5.84 Å². The molecule has 1 fully saturated rings. The number of hydrogen-bond acceptors (Lipinski definition) is 2. The number of fused-ring (bicyclic) bond motifs is 8. The normalized spacial score (nSPS) is 22.2. The minimum Gasteiger partial charge on any atom is -0.339 e. The standard InChI is InChI=1S/C56H50N2/c1-36-52(39-16-7-4-8-17-39)57-54(40-18-9-5-10-19-40)58-53(36)43-21-15-20-41(32-43)37-24-26-38(27-25-37)42-28-29-45-46-35-51-47(34-50(46)55(2,3)49(45)33-42)44-22-11-12-23-48(44)56(51)30-13-6-14-31-56/h4-5,7-12,15-29,32-35,47,51-52H,6,13-14,30-31H2,1-3H3,(H,57,58). The number of benzene rings is 6. The summed E-state index contributed by atoms with van der Waals surface area (Å²) in [5.41, 5.74) is 20.1. The summed E-state index contributed by atoms with van der Waals surface area (Å²) in [6.45, 7) is 7.11. The van der Waals surface area contributed by atoms with Gasteiger partial charge in [0.25, 0.3) is 0 Å². The van der Waals surface area contributed by atoms with E-state index in [1.165, 1.54) is 87.8 Å². The molecule has 3 unspecified atom stereocenters. The monoisotopic (exact) mass is 750 g/mol. The molecule has 58 heavy (non-hydrogen) atoms. The Labute approximate surface area is 343 Å². The second-order valence-electron chi connectivity index (χ2n) is 17.9. The molecule has 5 aliphatic rings. The predicted octanol–water partition coefficient (Wildman–Crippen LogP) is 13.8. The van der Waals surface area contributed by atoms with Gasteiger partial charge in [0, 0.05) is 28.0 Å². The van der Waals surface area contributed by atoms with Crippen molar-refractivity contribution in [2.45, 2.75) is 75.7 Å². The third-order valence-corrected chi connectivity index (χ3v) is 14.4. The molecule has 0 radical (unpaired) electrons. The number of nitrogens with zero attached hydrogens (tertiary/aromatic N) is 1. The first kappa shape index (κ1) is 35.2. The fourth-order valence-corrected chi connectivity index (χ4v) is 11.5. The van der Waals surface area contributed by atoms with E-state index in [0.717, 1.165) is 22.7 Å². The van der Waals surface area contributed by atoms with Crippen molar-refractivity contribution in [1.82, 2.24) is 5.32 Å². The minimum absolute atomic E-state index is 0.0512. The lowest BCUT2D eigenvalue weighted by atomic mass is 9.62. The van der Waals surface area contributed by atoms with Crippen LogP contribution in [0.25, 0.3) is 33.5 Å². The Morgan fingerprint density at radius 1 is 0.569 bits per heavy atom. The quantitative estimate of drug-likeness (QED) is 0.186. The van der Waals surface area contributed by atoms with Crippen molar-refractivity contribution in [3.63, 3.8) is 0 Å². The first-order valence-electron chi connectivity index (χ1n) is 21.5. The van der Waals surface area contributed by atoms with Gasteiger partial charge in [-0.15, -0.1) is 0 Å². The van der Waals surface area contributed by atoms with Gasteiger partial charge in [-0.1, -0.05) is 185 Å². The molecule has 284 valence electrons. The molecule has 1 spiro atoms. The molecule has 0 saturated heterocycles. The fraction of sp³-hybridized carbons (Fsp3) is 0.232. The van der Waals surface area contributed by atoms with Crippen molar-refractivity contribution in [2.75, 3.05) is 0 Å². The second-order valence-corrected chi connectivity index (χ2v) is 17.9. The van der Waals surface area contributed by atoms with Gasteiger partial charge in [0.15, 0.2) is 0 Å². The van der Waals surface area contributed by atoms with Crippen LogP contribution in [0.5, 0.6) is 0 Å². The van der Waals surface area contributed by atoms with E-state index in [9.17, 15) is 0 Å². The van der Waals surface area contributed by atoms with Gasteiger partial charge in [0.2, 0.25) is 0 Å². The van der Waals surface area contributed by atoms with Crippen molar-refractivity contribution in [3.8, 4) is 22.3 Å². The highest BCUT2D eigenvalue weighted by atomic mass is 15.1. The molecular weight excluding hydrogens is 701 g/mol. The Hall–Kier alpha value is -5.99. The first-order valence-corrected chi connectivity index (χ1v) is 21.5. The summed E-state index contributed by atoms with van der Waals surface area (Å²) in [4.78, 5) is 5.23. The summed E-state index contributed by atoms with van der Waals surface area (Å²) in [6, 6.07) is 55.9. The van der Waals surface area contributed by atoms with Gasteiger partial charge >= 0.3 is 0 Å². The van der Waals surface area contributed by atoms with Crippen molar-refractivity contribution in [3.05, 3.63) is 214 Å². The average molecular weight is 751 g/mol. The maximum Gasteiger partial charge on any atom is 0.133 e. The number of hydrogen-bond donors (Lipinski definition) is 1. The Kier molecular flexibility index (Phi) is 8.23. The molecular formula is C56H50N2. The fourth-order valence-electron chi connectivity index (χ4n) is 11.5. The maximum absolute atomic E-state index is 5.23. The summed E-state index contributed by atoms with van der Waals surface area (Å²) in [5, 5.41) is 3.74. The minimum atomic E-state index is -0.0608. The number of allylic oxidation sites excluding steroid dienone is 4. The molecule has 11 rings (SSSR count). The Balaban J connectivity index is 0.903. The van der Waals surface area contributed by atoms with E-state index < -0.39 is 0 Å². The molecule has 6 aromatic rings. The van der Waals surface area contributed by atoms with Crippen molar-refractivity contribution < 1.29 is 0 Å². The van der Waals surface area contributed by atoms with E-state index in [2.05, 4.69) is 190 Å². The second kappa shape index (κ2) is 13.6. The number of nitrogens with one attached hydrogen (secondary N) is 1. The highest BCUT2D eigenvalue weighted by Gasteiger charge is 2.53. The van der Waals surface area contributed by atoms with Crippen LogP contribution in [0, 0.1) is 5.92 Å². The van der Waals surface area contributed by atoms with E-state index in [0.29, 0.717) is 11.8 Å². The SMILES string of the molecule is CC1=C(c2cccc(-c3ccc(-c4ccc5c(c4)C(C)(C)C4=CC6c7ccccc7C7(CCCCC7)C6C=C45)cc3)c2)NC(c2ccccc2)=NC1c1ccccc1. The molecule has 1 aliphatic heterocycles. The van der Waals surface area contributed by atoms with Crippen molar-refractivity contribution >= 4 is 17.1 Å². The lowest BCUT2D eigenvalue weighted by Gasteiger charge is -2.41. The van der Waals surface area contributed by atoms with Crippen molar-refractivity contribution in [1.29, 1.82) is 0 Å². The number of amidine groups is 1. The molecule has 2 nitrogen and oxygen atoms in total. The van der Waals surface area contributed by atoms with E-state index in [4.69, 9.17) is 4.99 Å². The van der Waals surface area contributed by atoms with Crippen LogP contribution >= 0.6 is 0 Å². The van der Waals surface area contributed by atoms with Gasteiger partial charge in [-0.3, -0.25) is 4.99 Å². The average Bonchev–Trinajstić information content (AvgIpc) is 3.67. The summed E-state index contributed by atoms with van der Waals surface area (Å²) >= 11 is 0. The Morgan fingerprint density at radius 2 is 1.21 bits per heavy atom. The lowest BCUT2D eigenvalue weighted by molar-refractivity contribution is 0.233. The molecule has 6 aromatic carbocycles. The van der Waals surface area contributed by atoms with E-state index in [1.807, 2.05) is 0 Å². The summed E-state index contributed by atoms with van der Waals surface area (Å²) in [6.07, 6.45) is 12.1. The first-order chi connectivity index (χ1) is 28.4. The van der Waals surface area contributed by atoms with Gasteiger partial charge < -0.3 is 5.32 Å². The number of aliphatic imine (C=N–C) groups is 1. The van der Waals surface area contributed by atoms with Gasteiger partial charge in [0.1, 0.15) is 11.9 Å². The third-order valence-electron chi connectivity index (χ3n) is 14.4. The highest BCUT2D eigenvalue weighted by Crippen LogP contribution is 2.64. The molecule has 0 bridgehead atoms. The third kappa shape index (κ3) is 5.48. The molecule has 1 N–H and O–H groups in total. The van der Waals surface area contributed by atoms with E-state index in [1.54, 1.807) is 11.1 Å². The molecule has 0 amide bonds. The lowest BCUT2D eigenvalue weighted by Crippen LogP contribution is -2.35. The molecule has 1 heterocycles. The zero-order chi connectivity index (χ0) is 39.0. The molecule has 2 heteroatoms. The van der Waals surface area contributed by atoms with Crippen LogP contribution in [0.2, 0.25) is 0 Å². The van der Waals surface area contributed by atoms with E-state index >= 15 is 0 Å². The van der Waals surface area contributed by atoms with Gasteiger partial charge in [-0.05, 0) is 110 Å². The summed E-state index contributed by atoms with van der Waals surface area (Å²) < 4.78 is 0.